The zero-order chi connectivity index (χ0) is 32.7. The SMILES string of the molecule is CC(C)(C)c1ccc2c(c1)[cH-]c1cc(C(C)(C)C)ccc12.CC1[C-]=C(C23CC4CC(CC(C4)C2)C3)C=C1.[Cl-].[Cl-].[Zr+2]=[CH]Cc1ccccc1. The van der Waals surface area contributed by atoms with E-state index in [0.717, 1.165) is 24.2 Å². The van der Waals surface area contributed by atoms with Gasteiger partial charge in [-0.1, -0.05) is 89.8 Å². The third-order valence-corrected chi connectivity index (χ3v) is 11.7. The van der Waals surface area contributed by atoms with Crippen LogP contribution in [0.3, 0.4) is 0 Å². The van der Waals surface area contributed by atoms with Crippen LogP contribution < -0.4 is 24.8 Å². The predicted octanol–water partition coefficient (Wildman–Crippen LogP) is 6.03. The minimum atomic E-state index is 0. The molecule has 9 rings (SSSR count). The maximum absolute atomic E-state index is 3.72. The number of allylic oxidation sites excluding steroid dienone is 4. The van der Waals surface area contributed by atoms with Crippen LogP contribution in [0, 0.1) is 35.2 Å². The van der Waals surface area contributed by atoms with Crippen LogP contribution in [0.25, 0.3) is 21.5 Å². The van der Waals surface area contributed by atoms with E-state index >= 15 is 0 Å². The van der Waals surface area contributed by atoms with Crippen molar-refractivity contribution in [3.05, 3.63) is 113 Å². The van der Waals surface area contributed by atoms with Crippen molar-refractivity contribution in [2.24, 2.45) is 29.1 Å². The van der Waals surface area contributed by atoms with E-state index in [1.807, 2.05) is 6.07 Å². The second-order valence-electron chi connectivity index (χ2n) is 17.0. The van der Waals surface area contributed by atoms with E-state index in [4.69, 9.17) is 0 Å². The molecule has 0 saturated heterocycles. The van der Waals surface area contributed by atoms with Crippen molar-refractivity contribution in [3.63, 3.8) is 0 Å². The summed E-state index contributed by atoms with van der Waals surface area (Å²) in [6.45, 7) is 15.9. The standard InChI is InChI=1S/C21H25.C16H21.C8H8.2ClH.Zr/c1-20(2,3)16-7-9-18-14(12-16)11-15-13-17(21(4,5)6)8-10-19(15)18;1-11-2-3-15(4-11)16-8-12-5-13(9-16)7-14(6-12)10-16;1-2-8-6-4-3-5-7-8;;;/h7-13H,1-6H3;2-3,11-14H,5-10H2,1H3;1,3-7H,2H2;2*1H;/q2*-1;;;;+2/p-2. The molecule has 0 nitrogen and oxygen atoms in total. The average molecular weight is 757 g/mol. The first kappa shape index (κ1) is 39.1. The zero-order valence-electron chi connectivity index (χ0n) is 30.2. The van der Waals surface area contributed by atoms with Crippen LogP contribution in [-0.4, -0.2) is 3.71 Å². The summed E-state index contributed by atoms with van der Waals surface area (Å²) in [5, 5.41) is 5.48. The molecule has 4 aromatic rings. The normalized spacial score (nSPS) is 25.3. The van der Waals surface area contributed by atoms with E-state index in [1.54, 1.807) is 24.8 Å². The van der Waals surface area contributed by atoms with Gasteiger partial charge in [-0.05, 0) is 72.5 Å². The van der Waals surface area contributed by atoms with Crippen LogP contribution in [0.5, 0.6) is 0 Å². The Labute approximate surface area is 318 Å². The summed E-state index contributed by atoms with van der Waals surface area (Å²) in [4.78, 5) is 0. The monoisotopic (exact) mass is 754 g/mol. The second-order valence-corrected chi connectivity index (χ2v) is 18.0. The van der Waals surface area contributed by atoms with Gasteiger partial charge in [-0.3, -0.25) is 6.08 Å². The molecule has 48 heavy (non-hydrogen) atoms. The molecule has 1 unspecified atom stereocenters. The number of rotatable bonds is 3. The zero-order valence-corrected chi connectivity index (χ0v) is 34.1. The minimum absolute atomic E-state index is 0. The number of hydrogen-bond donors (Lipinski definition) is 0. The molecule has 0 radical (unpaired) electrons. The third-order valence-electron chi connectivity index (χ3n) is 11.2. The molecular weight excluding hydrogens is 703 g/mol. The summed E-state index contributed by atoms with van der Waals surface area (Å²) >= 11 is 1.51. The molecule has 254 valence electrons. The Balaban J connectivity index is 0.000000171. The molecule has 4 fully saturated rings. The second kappa shape index (κ2) is 15.7. The Morgan fingerprint density at radius 3 is 1.62 bits per heavy atom. The quantitative estimate of drug-likeness (QED) is 0.224. The summed E-state index contributed by atoms with van der Waals surface area (Å²) in [6, 6.07) is 26.7. The number of hydrogen-bond acceptors (Lipinski definition) is 0. The van der Waals surface area contributed by atoms with Crippen molar-refractivity contribution in [3.8, 4) is 0 Å². The van der Waals surface area contributed by atoms with E-state index in [2.05, 4.69) is 137 Å². The number of halogens is 2. The summed E-state index contributed by atoms with van der Waals surface area (Å²) in [5.41, 5.74) is 6.80. The first-order valence-electron chi connectivity index (χ1n) is 17.8. The topological polar surface area (TPSA) is 0 Å². The van der Waals surface area contributed by atoms with E-state index in [9.17, 15) is 0 Å². The first-order valence-corrected chi connectivity index (χ1v) is 19.2. The molecule has 4 bridgehead atoms. The molecule has 4 saturated carbocycles. The van der Waals surface area contributed by atoms with Crippen molar-refractivity contribution < 1.29 is 49.0 Å². The molecule has 4 aromatic carbocycles. The maximum atomic E-state index is 3.72. The predicted molar refractivity (Wildman–Crippen MR) is 196 cm³/mol. The molecule has 0 aromatic heterocycles. The molecular formula is C45H54Cl2Zr-2. The van der Waals surface area contributed by atoms with Crippen molar-refractivity contribution in [2.45, 2.75) is 104 Å². The van der Waals surface area contributed by atoms with Gasteiger partial charge < -0.3 is 24.8 Å². The Bertz CT molecular complexity index is 1640. The Morgan fingerprint density at radius 2 is 1.23 bits per heavy atom. The molecule has 0 amide bonds. The van der Waals surface area contributed by atoms with Crippen LogP contribution in [-0.2, 0) is 41.5 Å². The molecule has 0 heterocycles. The van der Waals surface area contributed by atoms with Gasteiger partial charge in [-0.15, -0.1) is 39.7 Å². The van der Waals surface area contributed by atoms with Crippen LogP contribution in [0.15, 0.2) is 90.5 Å². The molecule has 0 N–H and O–H groups in total. The summed E-state index contributed by atoms with van der Waals surface area (Å²) < 4.78 is 2.25. The van der Waals surface area contributed by atoms with E-state index in [-0.39, 0.29) is 35.6 Å². The van der Waals surface area contributed by atoms with Gasteiger partial charge in [0.15, 0.2) is 0 Å². The third kappa shape index (κ3) is 8.79. The van der Waals surface area contributed by atoms with Crippen LogP contribution in [0.4, 0.5) is 0 Å². The van der Waals surface area contributed by atoms with Gasteiger partial charge in [-0.2, -0.15) is 6.08 Å². The molecule has 1 atom stereocenters. The summed E-state index contributed by atoms with van der Waals surface area (Å²) in [5.74, 6) is 3.75. The van der Waals surface area contributed by atoms with Crippen molar-refractivity contribution >= 4 is 25.3 Å². The van der Waals surface area contributed by atoms with E-state index < -0.39 is 0 Å². The molecule has 0 aliphatic heterocycles. The molecule has 5 aliphatic rings. The Morgan fingerprint density at radius 1 is 0.750 bits per heavy atom. The van der Waals surface area contributed by atoms with Crippen molar-refractivity contribution in [2.75, 3.05) is 0 Å². The van der Waals surface area contributed by atoms with Crippen molar-refractivity contribution in [1.82, 2.24) is 0 Å². The Kier molecular flexibility index (Phi) is 12.8. The summed E-state index contributed by atoms with van der Waals surface area (Å²) in [6.07, 6.45) is 18.7. The molecule has 5 aliphatic carbocycles. The van der Waals surface area contributed by atoms with E-state index in [0.29, 0.717) is 11.3 Å². The van der Waals surface area contributed by atoms with Gasteiger partial charge in [0.2, 0.25) is 0 Å². The fourth-order valence-electron chi connectivity index (χ4n) is 9.04. The Hall–Kier alpha value is -1.66. The molecule has 3 heteroatoms. The van der Waals surface area contributed by atoms with Gasteiger partial charge in [0.25, 0.3) is 0 Å². The van der Waals surface area contributed by atoms with Crippen LogP contribution >= 0.6 is 0 Å². The number of fused-ring (bicyclic) bond motifs is 3. The van der Waals surface area contributed by atoms with Crippen molar-refractivity contribution in [1.29, 1.82) is 0 Å². The van der Waals surface area contributed by atoms with Gasteiger partial charge in [0.05, 0.1) is 0 Å². The van der Waals surface area contributed by atoms with Gasteiger partial charge in [0, 0.05) is 0 Å². The first-order chi connectivity index (χ1) is 21.8. The average Bonchev–Trinajstić information content (AvgIpc) is 3.60. The fraction of sp³-hybridized carbons (Fsp3) is 0.467. The summed E-state index contributed by atoms with van der Waals surface area (Å²) in [7, 11) is 0. The van der Waals surface area contributed by atoms with Gasteiger partial charge in [-0.25, -0.2) is 11.6 Å². The van der Waals surface area contributed by atoms with Gasteiger partial charge in [0.1, 0.15) is 0 Å². The van der Waals surface area contributed by atoms with Crippen LogP contribution in [0.2, 0.25) is 0 Å². The van der Waals surface area contributed by atoms with E-state index in [1.165, 1.54) is 81.7 Å². The fourth-order valence-corrected chi connectivity index (χ4v) is 9.62. The molecule has 0 spiro atoms. The number of benzene rings is 3. The van der Waals surface area contributed by atoms with Crippen LogP contribution in [0.1, 0.15) is 104 Å². The van der Waals surface area contributed by atoms with Gasteiger partial charge >= 0.3 is 70.3 Å².